The fourth-order valence-electron chi connectivity index (χ4n) is 2.81. The van der Waals surface area contributed by atoms with Gasteiger partial charge in [0.2, 0.25) is 0 Å². The molecule has 0 saturated carbocycles. The summed E-state index contributed by atoms with van der Waals surface area (Å²) in [6.07, 6.45) is 1.46. The van der Waals surface area contributed by atoms with Gasteiger partial charge in [-0.1, -0.05) is 30.3 Å². The summed E-state index contributed by atoms with van der Waals surface area (Å²) in [5.41, 5.74) is 0.471. The number of hydrogen-bond donors (Lipinski definition) is 1. The summed E-state index contributed by atoms with van der Waals surface area (Å²) >= 11 is 0. The largest absolute Gasteiger partial charge is 0.480 e. The highest BCUT2D eigenvalue weighted by atomic mass is 16.5. The molecule has 0 atom stereocenters. The summed E-state index contributed by atoms with van der Waals surface area (Å²) in [5.74, 6) is -1.01. The Morgan fingerprint density at radius 2 is 1.69 bits per heavy atom. The Hall–Kier alpha value is -4.20. The summed E-state index contributed by atoms with van der Waals surface area (Å²) in [6, 6.07) is 18.1. The van der Waals surface area contributed by atoms with Gasteiger partial charge >= 0.3 is 11.7 Å². The number of benzene rings is 2. The molecule has 8 nitrogen and oxygen atoms in total. The molecule has 0 aliphatic rings. The second-order valence-corrected chi connectivity index (χ2v) is 6.16. The number of aromatic nitrogens is 2. The van der Waals surface area contributed by atoms with Gasteiger partial charge in [-0.3, -0.25) is 9.59 Å². The minimum Gasteiger partial charge on any atom is -0.480 e. The number of ether oxygens (including phenoxy) is 1. The molecule has 0 aliphatic heterocycles. The van der Waals surface area contributed by atoms with Crippen molar-refractivity contribution in [3.8, 4) is 22.6 Å². The standard InChI is InChI=1S/C21H14N2O6/c24-18(25)12-23-20(26)19-17(29-21(23)27)10-14(11-22-19)13-6-8-16(9-7-13)28-15-4-2-1-3-5-15/h1-11H,12H2,(H,24,25). The molecule has 2 aromatic heterocycles. The van der Waals surface area contributed by atoms with Crippen LogP contribution < -0.4 is 16.1 Å². The van der Waals surface area contributed by atoms with E-state index >= 15 is 0 Å². The third kappa shape index (κ3) is 3.77. The van der Waals surface area contributed by atoms with Gasteiger partial charge in [-0.15, -0.1) is 0 Å². The number of fused-ring (bicyclic) bond motifs is 1. The summed E-state index contributed by atoms with van der Waals surface area (Å²) in [7, 11) is 0. The van der Waals surface area contributed by atoms with Crippen molar-refractivity contribution >= 4 is 17.1 Å². The monoisotopic (exact) mass is 390 g/mol. The van der Waals surface area contributed by atoms with Crippen LogP contribution in [0, 0.1) is 0 Å². The van der Waals surface area contributed by atoms with Crippen molar-refractivity contribution in [1.29, 1.82) is 0 Å². The van der Waals surface area contributed by atoms with Crippen LogP contribution in [-0.2, 0) is 11.3 Å². The van der Waals surface area contributed by atoms with Crippen LogP contribution in [0.25, 0.3) is 22.2 Å². The van der Waals surface area contributed by atoms with E-state index in [1.807, 2.05) is 42.5 Å². The third-order valence-corrected chi connectivity index (χ3v) is 4.18. The van der Waals surface area contributed by atoms with E-state index in [2.05, 4.69) is 4.98 Å². The maximum atomic E-state index is 12.3. The zero-order valence-corrected chi connectivity index (χ0v) is 14.9. The van der Waals surface area contributed by atoms with E-state index in [0.29, 0.717) is 21.6 Å². The van der Waals surface area contributed by atoms with Crippen molar-refractivity contribution in [3.63, 3.8) is 0 Å². The van der Waals surface area contributed by atoms with E-state index in [0.717, 1.165) is 5.56 Å². The molecule has 0 saturated heterocycles. The first-order valence-corrected chi connectivity index (χ1v) is 8.60. The van der Waals surface area contributed by atoms with Crippen LogP contribution in [0.1, 0.15) is 0 Å². The first kappa shape index (κ1) is 18.2. The number of hydrogen-bond acceptors (Lipinski definition) is 6. The highest BCUT2D eigenvalue weighted by Gasteiger charge is 2.14. The zero-order valence-electron chi connectivity index (χ0n) is 14.9. The average Bonchev–Trinajstić information content (AvgIpc) is 2.72. The Morgan fingerprint density at radius 3 is 2.38 bits per heavy atom. The molecule has 8 heteroatoms. The van der Waals surface area contributed by atoms with E-state index < -0.39 is 23.8 Å². The molecule has 0 bridgehead atoms. The van der Waals surface area contributed by atoms with Gasteiger partial charge in [0, 0.05) is 11.8 Å². The molecule has 144 valence electrons. The summed E-state index contributed by atoms with van der Waals surface area (Å²) in [5, 5.41) is 8.83. The average molecular weight is 390 g/mol. The molecular formula is C21H14N2O6. The van der Waals surface area contributed by atoms with Crippen LogP contribution in [-0.4, -0.2) is 20.6 Å². The molecule has 4 rings (SSSR count). The van der Waals surface area contributed by atoms with Crippen molar-refractivity contribution < 1.29 is 19.1 Å². The van der Waals surface area contributed by atoms with Crippen LogP contribution in [0.4, 0.5) is 0 Å². The minimum absolute atomic E-state index is 0.0104. The number of rotatable bonds is 5. The topological polar surface area (TPSA) is 112 Å². The van der Waals surface area contributed by atoms with E-state index in [1.165, 1.54) is 12.3 Å². The number of nitrogens with zero attached hydrogens (tertiary/aromatic N) is 2. The molecule has 2 aromatic carbocycles. The molecule has 0 aliphatic carbocycles. The van der Waals surface area contributed by atoms with E-state index in [4.69, 9.17) is 14.3 Å². The molecule has 0 spiro atoms. The lowest BCUT2D eigenvalue weighted by Crippen LogP contribution is -2.35. The van der Waals surface area contributed by atoms with Crippen molar-refractivity contribution in [2.45, 2.75) is 6.54 Å². The fraction of sp³-hybridized carbons (Fsp3) is 0.0476. The van der Waals surface area contributed by atoms with Crippen LogP contribution >= 0.6 is 0 Å². The number of carboxylic acid groups (broad SMARTS) is 1. The van der Waals surface area contributed by atoms with E-state index in [-0.39, 0.29) is 11.1 Å². The lowest BCUT2D eigenvalue weighted by atomic mass is 10.1. The normalized spacial score (nSPS) is 10.8. The van der Waals surface area contributed by atoms with E-state index in [9.17, 15) is 14.4 Å². The maximum absolute atomic E-state index is 12.3. The third-order valence-electron chi connectivity index (χ3n) is 4.18. The Labute approximate surface area is 163 Å². The van der Waals surface area contributed by atoms with Crippen molar-refractivity contribution in [3.05, 3.63) is 87.8 Å². The Bertz CT molecular complexity index is 1310. The van der Waals surface area contributed by atoms with Crippen LogP contribution in [0.2, 0.25) is 0 Å². The molecule has 4 aromatic rings. The second kappa shape index (κ2) is 7.43. The van der Waals surface area contributed by atoms with Crippen molar-refractivity contribution in [2.24, 2.45) is 0 Å². The molecule has 1 N–H and O–H groups in total. The fourth-order valence-corrected chi connectivity index (χ4v) is 2.81. The van der Waals surface area contributed by atoms with Gasteiger partial charge in [0.05, 0.1) is 0 Å². The first-order chi connectivity index (χ1) is 14.0. The quantitative estimate of drug-likeness (QED) is 0.558. The Morgan fingerprint density at radius 1 is 1.00 bits per heavy atom. The van der Waals surface area contributed by atoms with E-state index in [1.54, 1.807) is 12.1 Å². The molecule has 0 fully saturated rings. The zero-order chi connectivity index (χ0) is 20.4. The molecule has 0 radical (unpaired) electrons. The lowest BCUT2D eigenvalue weighted by Gasteiger charge is -2.07. The SMILES string of the molecule is O=C(O)Cn1c(=O)oc2cc(-c3ccc(Oc4ccccc4)cc3)cnc2c1=O. The number of carboxylic acids is 1. The van der Waals surface area contributed by atoms with Gasteiger partial charge < -0.3 is 14.3 Å². The van der Waals surface area contributed by atoms with Gasteiger partial charge in [0.25, 0.3) is 5.56 Å². The summed E-state index contributed by atoms with van der Waals surface area (Å²) in [6.45, 7) is -0.788. The molecule has 0 unspecified atom stereocenters. The molecular weight excluding hydrogens is 376 g/mol. The summed E-state index contributed by atoms with van der Waals surface area (Å²) in [4.78, 5) is 39.1. The van der Waals surface area contributed by atoms with Crippen LogP contribution in [0.5, 0.6) is 11.5 Å². The predicted molar refractivity (Wildman–Crippen MR) is 104 cm³/mol. The molecule has 29 heavy (non-hydrogen) atoms. The first-order valence-electron chi connectivity index (χ1n) is 8.60. The number of pyridine rings is 1. The van der Waals surface area contributed by atoms with Gasteiger partial charge in [-0.2, -0.15) is 0 Å². The van der Waals surface area contributed by atoms with Gasteiger partial charge in [0.1, 0.15) is 18.0 Å². The minimum atomic E-state index is -1.33. The number of carbonyl (C=O) groups is 1. The maximum Gasteiger partial charge on any atom is 0.422 e. The number of para-hydroxylation sites is 1. The van der Waals surface area contributed by atoms with Crippen molar-refractivity contribution in [1.82, 2.24) is 9.55 Å². The van der Waals surface area contributed by atoms with Crippen LogP contribution in [0.3, 0.4) is 0 Å². The Kier molecular flexibility index (Phi) is 4.66. The number of aliphatic carboxylic acids is 1. The Balaban J connectivity index is 1.67. The lowest BCUT2D eigenvalue weighted by molar-refractivity contribution is -0.137. The van der Waals surface area contributed by atoms with Gasteiger partial charge in [-0.25, -0.2) is 14.3 Å². The summed E-state index contributed by atoms with van der Waals surface area (Å²) < 4.78 is 11.3. The van der Waals surface area contributed by atoms with Gasteiger partial charge in [-0.05, 0) is 35.9 Å². The highest BCUT2D eigenvalue weighted by Crippen LogP contribution is 2.26. The molecule has 2 heterocycles. The predicted octanol–water partition coefficient (Wildman–Crippen LogP) is 2.89. The van der Waals surface area contributed by atoms with Gasteiger partial charge in [0.15, 0.2) is 11.1 Å². The highest BCUT2D eigenvalue weighted by molar-refractivity contribution is 5.78. The second-order valence-electron chi connectivity index (χ2n) is 6.16. The van der Waals surface area contributed by atoms with Crippen LogP contribution in [0.15, 0.2) is 80.9 Å². The molecule has 0 amide bonds. The van der Waals surface area contributed by atoms with Crippen molar-refractivity contribution in [2.75, 3.05) is 0 Å². The smallest absolute Gasteiger partial charge is 0.422 e.